The molecular formula is C29H40O3. The molecule has 1 N–H and O–H groups in total. The van der Waals surface area contributed by atoms with Crippen LogP contribution in [0.2, 0.25) is 0 Å². The predicted molar refractivity (Wildman–Crippen MR) is 128 cm³/mol. The molecular weight excluding hydrogens is 396 g/mol. The number of hydrogen-bond donors (Lipinski definition) is 1. The zero-order valence-electron chi connectivity index (χ0n) is 20.1. The van der Waals surface area contributed by atoms with E-state index in [1.165, 1.54) is 31.2 Å². The highest BCUT2D eigenvalue weighted by Crippen LogP contribution is 2.68. The Hall–Kier alpha value is -1.61. The van der Waals surface area contributed by atoms with Crippen molar-refractivity contribution in [3.05, 3.63) is 42.0 Å². The number of benzene rings is 1. The molecule has 1 aromatic carbocycles. The summed E-state index contributed by atoms with van der Waals surface area (Å²) >= 11 is 0. The van der Waals surface area contributed by atoms with Crippen LogP contribution in [0.4, 0.5) is 0 Å². The zero-order chi connectivity index (χ0) is 22.6. The maximum absolute atomic E-state index is 11.9. The molecule has 0 aliphatic heterocycles. The van der Waals surface area contributed by atoms with Gasteiger partial charge < -0.3 is 9.84 Å². The van der Waals surface area contributed by atoms with Crippen molar-refractivity contribution in [3.8, 4) is 0 Å². The molecule has 0 bridgehead atoms. The number of ether oxygens (including phenoxy) is 1. The summed E-state index contributed by atoms with van der Waals surface area (Å²) in [5.74, 6) is 2.62. The molecule has 0 spiro atoms. The summed E-state index contributed by atoms with van der Waals surface area (Å²) < 4.78 is 5.62. The van der Waals surface area contributed by atoms with Crippen LogP contribution >= 0.6 is 0 Å². The summed E-state index contributed by atoms with van der Waals surface area (Å²) in [5.41, 5.74) is 0.793. The molecule has 32 heavy (non-hydrogen) atoms. The number of hydrogen-bond acceptors (Lipinski definition) is 3. The first kappa shape index (κ1) is 22.2. The Balaban J connectivity index is 1.35. The van der Waals surface area contributed by atoms with Crippen LogP contribution in [0.25, 0.3) is 6.08 Å². The van der Waals surface area contributed by atoms with E-state index < -0.39 is 5.60 Å². The topological polar surface area (TPSA) is 46.5 Å². The lowest BCUT2D eigenvalue weighted by atomic mass is 9.44. The Morgan fingerprint density at radius 3 is 2.50 bits per heavy atom. The normalized spacial score (nSPS) is 45.7. The van der Waals surface area contributed by atoms with Gasteiger partial charge in [0.05, 0.1) is 5.60 Å². The lowest BCUT2D eigenvalue weighted by molar-refractivity contribution is -0.164. The molecule has 4 aliphatic carbocycles. The minimum Gasteiger partial charge on any atom is -0.463 e. The second-order valence-corrected chi connectivity index (χ2v) is 11.8. The van der Waals surface area contributed by atoms with Crippen LogP contribution in [-0.2, 0) is 9.53 Å². The van der Waals surface area contributed by atoms with Gasteiger partial charge in [-0.15, -0.1) is 0 Å². The van der Waals surface area contributed by atoms with Gasteiger partial charge in [0.25, 0.3) is 0 Å². The third kappa shape index (κ3) is 3.47. The second kappa shape index (κ2) is 8.01. The molecule has 5 rings (SSSR count). The first-order valence-corrected chi connectivity index (χ1v) is 12.9. The predicted octanol–water partition coefficient (Wildman–Crippen LogP) is 6.41. The molecule has 0 heterocycles. The van der Waals surface area contributed by atoms with Gasteiger partial charge in [0.2, 0.25) is 0 Å². The van der Waals surface area contributed by atoms with Gasteiger partial charge in [-0.2, -0.15) is 0 Å². The first-order valence-electron chi connectivity index (χ1n) is 12.9. The quantitative estimate of drug-likeness (QED) is 0.557. The number of aliphatic hydroxyl groups is 1. The van der Waals surface area contributed by atoms with Crippen LogP contribution in [0.3, 0.4) is 0 Å². The third-order valence-corrected chi connectivity index (χ3v) is 10.5. The van der Waals surface area contributed by atoms with E-state index in [0.29, 0.717) is 17.3 Å². The van der Waals surface area contributed by atoms with Crippen molar-refractivity contribution in [2.45, 2.75) is 90.3 Å². The summed E-state index contributed by atoms with van der Waals surface area (Å²) in [6.45, 7) is 6.46. The molecule has 8 atom stereocenters. The van der Waals surface area contributed by atoms with E-state index in [1.54, 1.807) is 6.92 Å². The van der Waals surface area contributed by atoms with E-state index in [1.807, 2.05) is 6.07 Å². The lowest BCUT2D eigenvalue weighted by Gasteiger charge is -2.61. The molecule has 4 fully saturated rings. The van der Waals surface area contributed by atoms with E-state index in [9.17, 15) is 9.90 Å². The fourth-order valence-electron chi connectivity index (χ4n) is 8.68. The van der Waals surface area contributed by atoms with Crippen LogP contribution in [0.1, 0.15) is 84.1 Å². The molecule has 3 nitrogen and oxygen atoms in total. The third-order valence-electron chi connectivity index (χ3n) is 10.5. The summed E-state index contributed by atoms with van der Waals surface area (Å²) in [4.78, 5) is 11.5. The van der Waals surface area contributed by atoms with Gasteiger partial charge >= 0.3 is 5.97 Å². The fraction of sp³-hybridized carbons (Fsp3) is 0.690. The van der Waals surface area contributed by atoms with Crippen molar-refractivity contribution in [2.75, 3.05) is 0 Å². The van der Waals surface area contributed by atoms with E-state index in [4.69, 9.17) is 4.74 Å². The molecule has 4 aliphatic rings. The fourth-order valence-corrected chi connectivity index (χ4v) is 8.68. The van der Waals surface area contributed by atoms with Crippen molar-refractivity contribution >= 4 is 12.0 Å². The van der Waals surface area contributed by atoms with Gasteiger partial charge in [-0.25, -0.2) is 0 Å². The van der Waals surface area contributed by atoms with Gasteiger partial charge in [0.15, 0.2) is 0 Å². The van der Waals surface area contributed by atoms with Gasteiger partial charge in [0.1, 0.15) is 6.10 Å². The Morgan fingerprint density at radius 1 is 1.00 bits per heavy atom. The van der Waals surface area contributed by atoms with Crippen LogP contribution in [-0.4, -0.2) is 22.8 Å². The number of carbonyl (C=O) groups excluding carboxylic acids is 1. The van der Waals surface area contributed by atoms with Gasteiger partial charge in [-0.05, 0) is 92.4 Å². The lowest BCUT2D eigenvalue weighted by Crippen LogP contribution is -2.56. The maximum atomic E-state index is 11.9. The second-order valence-electron chi connectivity index (χ2n) is 11.8. The molecule has 0 radical (unpaired) electrons. The van der Waals surface area contributed by atoms with Crippen molar-refractivity contribution in [1.82, 2.24) is 0 Å². The molecule has 4 saturated carbocycles. The molecule has 0 unspecified atom stereocenters. The van der Waals surface area contributed by atoms with Crippen molar-refractivity contribution in [1.29, 1.82) is 0 Å². The Morgan fingerprint density at radius 2 is 1.75 bits per heavy atom. The molecule has 0 aromatic heterocycles. The van der Waals surface area contributed by atoms with Crippen LogP contribution in [0.15, 0.2) is 36.4 Å². The van der Waals surface area contributed by atoms with Gasteiger partial charge in [-0.3, -0.25) is 4.79 Å². The SMILES string of the molecule is CC(=O)O[C@@H]1CC[C@]2(C)[C@H](CC[C@@H]3[C@@H]2CC[C@]2(C)[C@H]3CC[C@@]2(O)/C=C/c2ccccc2)C1. The van der Waals surface area contributed by atoms with Crippen molar-refractivity contribution in [3.63, 3.8) is 0 Å². The van der Waals surface area contributed by atoms with E-state index in [0.717, 1.165) is 43.9 Å². The maximum Gasteiger partial charge on any atom is 0.302 e. The molecule has 0 saturated heterocycles. The van der Waals surface area contributed by atoms with Gasteiger partial charge in [-0.1, -0.05) is 56.3 Å². The van der Waals surface area contributed by atoms with Gasteiger partial charge in [0, 0.05) is 12.3 Å². The number of rotatable bonds is 3. The minimum absolute atomic E-state index is 0.0302. The molecule has 174 valence electrons. The number of carbonyl (C=O) groups is 1. The van der Waals surface area contributed by atoms with E-state index in [-0.39, 0.29) is 17.5 Å². The largest absolute Gasteiger partial charge is 0.463 e. The summed E-state index contributed by atoms with van der Waals surface area (Å²) in [6, 6.07) is 10.4. The standard InChI is InChI=1S/C29H40O3/c1-20(30)32-23-12-15-27(2)22(19-23)9-10-24-25(27)13-16-28(3)26(24)14-18-29(28,31)17-11-21-7-5-4-6-8-21/h4-8,11,17,22-26,31H,9-10,12-16,18-19H2,1-3H3/b17-11+/t22-,23-,24-,25+,26+,27-,28-,29+/m1/s1. The van der Waals surface area contributed by atoms with Crippen molar-refractivity contribution in [2.24, 2.45) is 34.5 Å². The highest BCUT2D eigenvalue weighted by molar-refractivity contribution is 5.66. The highest BCUT2D eigenvalue weighted by Gasteiger charge is 2.64. The summed E-state index contributed by atoms with van der Waals surface area (Å²) in [7, 11) is 0. The summed E-state index contributed by atoms with van der Waals surface area (Å²) in [6.07, 6.45) is 14.5. The van der Waals surface area contributed by atoms with Crippen molar-refractivity contribution < 1.29 is 14.6 Å². The van der Waals surface area contributed by atoms with Crippen LogP contribution in [0.5, 0.6) is 0 Å². The first-order chi connectivity index (χ1) is 15.3. The summed E-state index contributed by atoms with van der Waals surface area (Å²) in [5, 5.41) is 11.9. The highest BCUT2D eigenvalue weighted by atomic mass is 16.5. The zero-order valence-corrected chi connectivity index (χ0v) is 20.1. The Bertz CT molecular complexity index is 878. The number of esters is 1. The van der Waals surface area contributed by atoms with Crippen LogP contribution in [0, 0.1) is 34.5 Å². The molecule has 0 amide bonds. The van der Waals surface area contributed by atoms with Crippen LogP contribution < -0.4 is 0 Å². The Labute approximate surface area is 193 Å². The van der Waals surface area contributed by atoms with E-state index >= 15 is 0 Å². The number of fused-ring (bicyclic) bond motifs is 5. The van der Waals surface area contributed by atoms with E-state index in [2.05, 4.69) is 50.3 Å². The molecule has 1 aromatic rings. The Kier molecular flexibility index (Phi) is 5.55. The average Bonchev–Trinajstić information content (AvgIpc) is 3.04. The average molecular weight is 437 g/mol. The smallest absolute Gasteiger partial charge is 0.302 e. The minimum atomic E-state index is -0.705. The molecule has 3 heteroatoms. The monoisotopic (exact) mass is 436 g/mol.